The molecular weight excluding hydrogens is 306 g/mol. The largest absolute Gasteiger partial charge is 0.363 e. The van der Waals surface area contributed by atoms with Gasteiger partial charge >= 0.3 is 0 Å². The predicted octanol–water partition coefficient (Wildman–Crippen LogP) is 4.44. The second kappa shape index (κ2) is 7.17. The van der Waals surface area contributed by atoms with Crippen LogP contribution in [-0.4, -0.2) is 29.5 Å². The van der Waals surface area contributed by atoms with Gasteiger partial charge in [0, 0.05) is 37.7 Å². The van der Waals surface area contributed by atoms with E-state index in [4.69, 9.17) is 0 Å². The predicted molar refractivity (Wildman–Crippen MR) is 104 cm³/mol. The third-order valence-electron chi connectivity index (χ3n) is 5.67. The molecular formula is C22H29N3. The number of benzene rings is 1. The van der Waals surface area contributed by atoms with Crippen molar-refractivity contribution < 1.29 is 0 Å². The van der Waals surface area contributed by atoms with Crippen molar-refractivity contribution in [2.75, 3.05) is 24.5 Å². The molecule has 1 aromatic carbocycles. The quantitative estimate of drug-likeness (QED) is 0.823. The van der Waals surface area contributed by atoms with Crippen molar-refractivity contribution in [2.24, 2.45) is 5.92 Å². The molecule has 1 aromatic heterocycles. The lowest BCUT2D eigenvalue weighted by Gasteiger charge is -2.33. The first-order valence-electron chi connectivity index (χ1n) is 9.68. The summed E-state index contributed by atoms with van der Waals surface area (Å²) in [4.78, 5) is 9.33. The lowest BCUT2D eigenvalue weighted by molar-refractivity contribution is 0.192. The number of nitrogens with zero attached hydrogens (tertiary/aromatic N) is 3. The Kier molecular flexibility index (Phi) is 4.76. The van der Waals surface area contributed by atoms with Gasteiger partial charge in [-0.1, -0.05) is 26.0 Å². The molecule has 0 radical (unpaired) electrons. The Labute approximate surface area is 151 Å². The van der Waals surface area contributed by atoms with E-state index in [-0.39, 0.29) is 0 Å². The zero-order valence-electron chi connectivity index (χ0n) is 15.5. The molecule has 1 fully saturated rings. The van der Waals surface area contributed by atoms with Crippen LogP contribution in [0.5, 0.6) is 0 Å². The van der Waals surface area contributed by atoms with Crippen LogP contribution in [0.4, 0.5) is 5.69 Å². The molecule has 3 heterocycles. The van der Waals surface area contributed by atoms with Crippen LogP contribution >= 0.6 is 0 Å². The molecule has 0 spiro atoms. The maximum absolute atomic E-state index is 4.25. The highest BCUT2D eigenvalue weighted by atomic mass is 15.1. The molecule has 4 rings (SSSR count). The normalized spacial score (nSPS) is 18.8. The van der Waals surface area contributed by atoms with Crippen molar-refractivity contribution in [3.8, 4) is 0 Å². The Balaban J connectivity index is 1.37. The van der Waals surface area contributed by atoms with Crippen LogP contribution in [-0.2, 0) is 13.1 Å². The minimum absolute atomic E-state index is 0.734. The topological polar surface area (TPSA) is 19.4 Å². The molecule has 0 bridgehead atoms. The van der Waals surface area contributed by atoms with Crippen molar-refractivity contribution in [1.82, 2.24) is 9.88 Å². The van der Waals surface area contributed by atoms with Crippen LogP contribution in [0.15, 0.2) is 42.7 Å². The maximum atomic E-state index is 4.25. The Morgan fingerprint density at radius 1 is 1.00 bits per heavy atom. The van der Waals surface area contributed by atoms with Crippen LogP contribution < -0.4 is 4.90 Å². The minimum Gasteiger partial charge on any atom is -0.363 e. The standard InChI is InChI=1S/C22H29N3/c1-17(2)14-24-11-8-19(9-12-24)18-3-5-22(6-4-18)25-15-20-7-10-23-13-21(20)16-25/h3-7,10,13,17,19H,8-9,11-12,14-16H2,1-2H3. The molecule has 3 nitrogen and oxygen atoms in total. The van der Waals surface area contributed by atoms with Crippen molar-refractivity contribution in [3.05, 3.63) is 59.4 Å². The lowest BCUT2D eigenvalue weighted by Crippen LogP contribution is -2.35. The molecule has 1 saturated heterocycles. The number of likely N-dealkylation sites (tertiary alicyclic amines) is 1. The highest BCUT2D eigenvalue weighted by molar-refractivity contribution is 5.52. The summed E-state index contributed by atoms with van der Waals surface area (Å²) in [7, 11) is 0. The average Bonchev–Trinajstić information content (AvgIpc) is 3.06. The van der Waals surface area contributed by atoms with Gasteiger partial charge in [0.1, 0.15) is 0 Å². The van der Waals surface area contributed by atoms with E-state index in [1.807, 2.05) is 12.4 Å². The van der Waals surface area contributed by atoms with Gasteiger partial charge in [0.15, 0.2) is 0 Å². The van der Waals surface area contributed by atoms with Gasteiger partial charge in [-0.2, -0.15) is 0 Å². The fourth-order valence-electron chi connectivity index (χ4n) is 4.32. The summed E-state index contributed by atoms with van der Waals surface area (Å²) in [5.41, 5.74) is 5.63. The monoisotopic (exact) mass is 335 g/mol. The first-order valence-corrected chi connectivity index (χ1v) is 9.68. The van der Waals surface area contributed by atoms with Gasteiger partial charge in [-0.15, -0.1) is 0 Å². The van der Waals surface area contributed by atoms with Crippen LogP contribution in [0.3, 0.4) is 0 Å². The number of fused-ring (bicyclic) bond motifs is 1. The van der Waals surface area contributed by atoms with Crippen LogP contribution in [0.2, 0.25) is 0 Å². The molecule has 0 aliphatic carbocycles. The first-order chi connectivity index (χ1) is 12.2. The Morgan fingerprint density at radius 3 is 2.40 bits per heavy atom. The number of rotatable bonds is 4. The van der Waals surface area contributed by atoms with Gasteiger partial charge in [-0.05, 0) is 72.7 Å². The van der Waals surface area contributed by atoms with Gasteiger partial charge in [0.05, 0.1) is 0 Å². The molecule has 0 unspecified atom stereocenters. The van der Waals surface area contributed by atoms with Gasteiger partial charge in [-0.3, -0.25) is 4.98 Å². The number of hydrogen-bond donors (Lipinski definition) is 0. The molecule has 132 valence electrons. The highest BCUT2D eigenvalue weighted by Gasteiger charge is 2.22. The second-order valence-corrected chi connectivity index (χ2v) is 8.06. The molecule has 2 aliphatic heterocycles. The number of pyridine rings is 1. The summed E-state index contributed by atoms with van der Waals surface area (Å²) < 4.78 is 0. The zero-order chi connectivity index (χ0) is 17.2. The Morgan fingerprint density at radius 2 is 1.72 bits per heavy atom. The van der Waals surface area contributed by atoms with Crippen LogP contribution in [0.25, 0.3) is 0 Å². The summed E-state index contributed by atoms with van der Waals surface area (Å²) in [6.45, 7) is 10.4. The van der Waals surface area contributed by atoms with E-state index in [0.717, 1.165) is 24.9 Å². The number of anilines is 1. The molecule has 2 aliphatic rings. The number of piperidine rings is 1. The zero-order valence-corrected chi connectivity index (χ0v) is 15.5. The highest BCUT2D eigenvalue weighted by Crippen LogP contribution is 2.32. The number of hydrogen-bond acceptors (Lipinski definition) is 3. The second-order valence-electron chi connectivity index (χ2n) is 8.06. The summed E-state index contributed by atoms with van der Waals surface area (Å²) in [6.07, 6.45) is 6.51. The molecule has 0 N–H and O–H groups in total. The van der Waals surface area contributed by atoms with Gasteiger partial charge in [-0.25, -0.2) is 0 Å². The van der Waals surface area contributed by atoms with Crippen molar-refractivity contribution in [2.45, 2.75) is 45.7 Å². The van der Waals surface area contributed by atoms with Crippen molar-refractivity contribution in [3.63, 3.8) is 0 Å². The molecule has 25 heavy (non-hydrogen) atoms. The lowest BCUT2D eigenvalue weighted by atomic mass is 9.89. The maximum Gasteiger partial charge on any atom is 0.0451 e. The van der Waals surface area contributed by atoms with E-state index in [0.29, 0.717) is 0 Å². The smallest absolute Gasteiger partial charge is 0.0451 e. The van der Waals surface area contributed by atoms with Crippen LogP contribution in [0, 0.1) is 5.92 Å². The van der Waals surface area contributed by atoms with Crippen LogP contribution in [0.1, 0.15) is 49.3 Å². The van der Waals surface area contributed by atoms with E-state index in [2.05, 4.69) is 59.0 Å². The Bertz CT molecular complexity index is 674. The van der Waals surface area contributed by atoms with Crippen molar-refractivity contribution >= 4 is 5.69 Å². The van der Waals surface area contributed by atoms with Gasteiger partial charge in [0.25, 0.3) is 0 Å². The molecule has 3 heteroatoms. The fraction of sp³-hybridized carbons (Fsp3) is 0.500. The van der Waals surface area contributed by atoms with E-state index in [1.165, 1.54) is 54.9 Å². The van der Waals surface area contributed by atoms with Gasteiger partial charge < -0.3 is 9.80 Å². The summed E-state index contributed by atoms with van der Waals surface area (Å²) in [5.74, 6) is 1.51. The Hall–Kier alpha value is -1.87. The summed E-state index contributed by atoms with van der Waals surface area (Å²) >= 11 is 0. The fourth-order valence-corrected chi connectivity index (χ4v) is 4.32. The van der Waals surface area contributed by atoms with E-state index < -0.39 is 0 Å². The molecule has 0 amide bonds. The minimum atomic E-state index is 0.734. The average molecular weight is 335 g/mol. The summed E-state index contributed by atoms with van der Waals surface area (Å²) in [5, 5.41) is 0. The van der Waals surface area contributed by atoms with E-state index >= 15 is 0 Å². The SMILES string of the molecule is CC(C)CN1CCC(c2ccc(N3Cc4ccncc4C3)cc2)CC1. The van der Waals surface area contributed by atoms with Crippen molar-refractivity contribution in [1.29, 1.82) is 0 Å². The third kappa shape index (κ3) is 3.72. The van der Waals surface area contributed by atoms with E-state index in [9.17, 15) is 0 Å². The van der Waals surface area contributed by atoms with E-state index in [1.54, 1.807) is 0 Å². The number of aromatic nitrogens is 1. The molecule has 0 atom stereocenters. The van der Waals surface area contributed by atoms with Gasteiger partial charge in [0.2, 0.25) is 0 Å². The third-order valence-corrected chi connectivity index (χ3v) is 5.67. The first kappa shape index (κ1) is 16.6. The summed E-state index contributed by atoms with van der Waals surface area (Å²) in [6, 6.07) is 11.5. The molecule has 2 aromatic rings. The molecule has 0 saturated carbocycles.